The standard InChI is InChI=1S/C12H14N2OS/c1-2-6-11-10(5-1)14-12(16-11)15-9-4-3-7-13-8-9/h1-2,5-6,9,13H,3-4,7-8H2/t9-/m0/s1. The molecule has 4 heteroatoms. The summed E-state index contributed by atoms with van der Waals surface area (Å²) in [6, 6.07) is 8.15. The van der Waals surface area contributed by atoms with E-state index in [9.17, 15) is 0 Å². The van der Waals surface area contributed by atoms with Crippen LogP contribution in [0.5, 0.6) is 5.19 Å². The number of hydrogen-bond donors (Lipinski definition) is 1. The summed E-state index contributed by atoms with van der Waals surface area (Å²) in [5.41, 5.74) is 1.03. The number of nitrogens with one attached hydrogen (secondary N) is 1. The molecule has 1 N–H and O–H groups in total. The molecule has 1 atom stereocenters. The lowest BCUT2D eigenvalue weighted by molar-refractivity contribution is 0.167. The summed E-state index contributed by atoms with van der Waals surface area (Å²) in [6.07, 6.45) is 2.60. The zero-order valence-electron chi connectivity index (χ0n) is 8.98. The molecular formula is C12H14N2OS. The number of ether oxygens (including phenoxy) is 1. The average molecular weight is 234 g/mol. The van der Waals surface area contributed by atoms with Gasteiger partial charge in [0.15, 0.2) is 0 Å². The summed E-state index contributed by atoms with van der Waals surface area (Å²) >= 11 is 1.63. The maximum Gasteiger partial charge on any atom is 0.274 e. The lowest BCUT2D eigenvalue weighted by atomic mass is 10.1. The normalized spacial score (nSPS) is 21.1. The second-order valence-electron chi connectivity index (χ2n) is 4.03. The van der Waals surface area contributed by atoms with Crippen molar-refractivity contribution in [3.05, 3.63) is 24.3 Å². The van der Waals surface area contributed by atoms with Gasteiger partial charge in [-0.05, 0) is 31.5 Å². The SMILES string of the molecule is c1ccc2sc(O[C@H]3CCCNC3)nc2c1. The van der Waals surface area contributed by atoms with Crippen molar-refractivity contribution in [1.29, 1.82) is 0 Å². The highest BCUT2D eigenvalue weighted by Gasteiger charge is 2.16. The molecule has 0 radical (unpaired) electrons. The zero-order valence-corrected chi connectivity index (χ0v) is 9.80. The van der Waals surface area contributed by atoms with E-state index in [2.05, 4.69) is 16.4 Å². The maximum absolute atomic E-state index is 5.89. The first kappa shape index (κ1) is 10.1. The van der Waals surface area contributed by atoms with Crippen molar-refractivity contribution in [3.8, 4) is 5.19 Å². The van der Waals surface area contributed by atoms with Crippen molar-refractivity contribution in [3.63, 3.8) is 0 Å². The molecule has 0 spiro atoms. The van der Waals surface area contributed by atoms with E-state index >= 15 is 0 Å². The van der Waals surface area contributed by atoms with Gasteiger partial charge in [0.1, 0.15) is 6.10 Å². The summed E-state index contributed by atoms with van der Waals surface area (Å²) in [5.74, 6) is 0. The number of aromatic nitrogens is 1. The van der Waals surface area contributed by atoms with Crippen molar-refractivity contribution < 1.29 is 4.74 Å². The van der Waals surface area contributed by atoms with Crippen LogP contribution in [0.4, 0.5) is 0 Å². The zero-order chi connectivity index (χ0) is 10.8. The number of fused-ring (bicyclic) bond motifs is 1. The Kier molecular flexibility index (Phi) is 2.76. The fourth-order valence-corrected chi connectivity index (χ4v) is 2.85. The molecule has 3 rings (SSSR count). The van der Waals surface area contributed by atoms with E-state index in [-0.39, 0.29) is 6.10 Å². The molecule has 1 aliphatic heterocycles. The van der Waals surface area contributed by atoms with Gasteiger partial charge in [-0.3, -0.25) is 0 Å². The van der Waals surface area contributed by atoms with Gasteiger partial charge in [0, 0.05) is 6.54 Å². The molecular weight excluding hydrogens is 220 g/mol. The topological polar surface area (TPSA) is 34.1 Å². The molecule has 1 fully saturated rings. The Bertz CT molecular complexity index is 444. The molecule has 0 bridgehead atoms. The third-order valence-corrected chi connectivity index (χ3v) is 3.72. The Labute approximate surface area is 98.5 Å². The van der Waals surface area contributed by atoms with Gasteiger partial charge < -0.3 is 10.1 Å². The van der Waals surface area contributed by atoms with E-state index in [0.717, 1.165) is 30.2 Å². The summed E-state index contributed by atoms with van der Waals surface area (Å²) in [5, 5.41) is 4.14. The van der Waals surface area contributed by atoms with Gasteiger partial charge in [-0.2, -0.15) is 0 Å². The number of nitrogens with zero attached hydrogens (tertiary/aromatic N) is 1. The van der Waals surface area contributed by atoms with Gasteiger partial charge in [0.25, 0.3) is 5.19 Å². The Hall–Kier alpha value is -1.13. The Morgan fingerprint density at radius 3 is 3.12 bits per heavy atom. The van der Waals surface area contributed by atoms with Crippen LogP contribution in [0.1, 0.15) is 12.8 Å². The van der Waals surface area contributed by atoms with Gasteiger partial charge >= 0.3 is 0 Å². The van der Waals surface area contributed by atoms with Crippen LogP contribution >= 0.6 is 11.3 Å². The van der Waals surface area contributed by atoms with E-state index in [0.29, 0.717) is 0 Å². The van der Waals surface area contributed by atoms with Gasteiger partial charge in [0.05, 0.1) is 10.2 Å². The quantitative estimate of drug-likeness (QED) is 0.866. The smallest absolute Gasteiger partial charge is 0.274 e. The first-order valence-electron chi connectivity index (χ1n) is 5.65. The number of thiazole rings is 1. The van der Waals surface area contributed by atoms with Crippen LogP contribution < -0.4 is 10.1 Å². The van der Waals surface area contributed by atoms with Gasteiger partial charge in [-0.25, -0.2) is 4.98 Å². The van der Waals surface area contributed by atoms with E-state index < -0.39 is 0 Å². The van der Waals surface area contributed by atoms with Crippen molar-refractivity contribution >= 4 is 21.6 Å². The van der Waals surface area contributed by atoms with Gasteiger partial charge in [-0.1, -0.05) is 23.5 Å². The van der Waals surface area contributed by atoms with Gasteiger partial charge in [-0.15, -0.1) is 0 Å². The minimum absolute atomic E-state index is 0.286. The van der Waals surface area contributed by atoms with Crippen LogP contribution in [0, 0.1) is 0 Å². The summed E-state index contributed by atoms with van der Waals surface area (Å²) in [7, 11) is 0. The van der Waals surface area contributed by atoms with E-state index in [1.54, 1.807) is 11.3 Å². The maximum atomic E-state index is 5.89. The molecule has 1 aliphatic rings. The monoisotopic (exact) mass is 234 g/mol. The summed E-state index contributed by atoms with van der Waals surface area (Å²) < 4.78 is 7.08. The third kappa shape index (κ3) is 2.03. The van der Waals surface area contributed by atoms with Crippen molar-refractivity contribution in [2.75, 3.05) is 13.1 Å². The minimum Gasteiger partial charge on any atom is -0.465 e. The predicted octanol–water partition coefficient (Wildman–Crippen LogP) is 2.43. The summed E-state index contributed by atoms with van der Waals surface area (Å²) in [6.45, 7) is 2.05. The molecule has 1 aromatic carbocycles. The van der Waals surface area contributed by atoms with E-state index in [1.165, 1.54) is 11.1 Å². The van der Waals surface area contributed by atoms with Crippen molar-refractivity contribution in [1.82, 2.24) is 10.3 Å². The lowest BCUT2D eigenvalue weighted by Crippen LogP contribution is -2.37. The molecule has 0 saturated carbocycles. The largest absolute Gasteiger partial charge is 0.465 e. The Morgan fingerprint density at radius 2 is 2.31 bits per heavy atom. The highest BCUT2D eigenvalue weighted by Crippen LogP contribution is 2.28. The van der Waals surface area contributed by atoms with Gasteiger partial charge in [0.2, 0.25) is 0 Å². The average Bonchev–Trinajstić information content (AvgIpc) is 2.72. The Balaban J connectivity index is 1.78. The number of benzene rings is 1. The van der Waals surface area contributed by atoms with Crippen molar-refractivity contribution in [2.45, 2.75) is 18.9 Å². The van der Waals surface area contributed by atoms with Crippen LogP contribution in [-0.4, -0.2) is 24.2 Å². The van der Waals surface area contributed by atoms with Crippen LogP contribution in [0.25, 0.3) is 10.2 Å². The molecule has 1 aromatic heterocycles. The van der Waals surface area contributed by atoms with Crippen LogP contribution in [0.15, 0.2) is 24.3 Å². The van der Waals surface area contributed by atoms with E-state index in [1.807, 2.05) is 18.2 Å². The predicted molar refractivity (Wildman–Crippen MR) is 66.1 cm³/mol. The molecule has 84 valence electrons. The van der Waals surface area contributed by atoms with Crippen LogP contribution in [0.2, 0.25) is 0 Å². The molecule has 0 amide bonds. The Morgan fingerprint density at radius 1 is 1.38 bits per heavy atom. The number of rotatable bonds is 2. The third-order valence-electron chi connectivity index (χ3n) is 2.79. The molecule has 0 unspecified atom stereocenters. The van der Waals surface area contributed by atoms with Crippen LogP contribution in [-0.2, 0) is 0 Å². The fourth-order valence-electron chi connectivity index (χ4n) is 1.96. The molecule has 3 nitrogen and oxygen atoms in total. The first-order chi connectivity index (χ1) is 7.92. The number of piperidine rings is 1. The number of hydrogen-bond acceptors (Lipinski definition) is 4. The minimum atomic E-state index is 0.286. The summed E-state index contributed by atoms with van der Waals surface area (Å²) in [4.78, 5) is 4.48. The molecule has 16 heavy (non-hydrogen) atoms. The highest BCUT2D eigenvalue weighted by atomic mass is 32.1. The second-order valence-corrected chi connectivity index (χ2v) is 5.03. The van der Waals surface area contributed by atoms with Crippen molar-refractivity contribution in [2.24, 2.45) is 0 Å². The molecule has 0 aliphatic carbocycles. The second kappa shape index (κ2) is 4.39. The first-order valence-corrected chi connectivity index (χ1v) is 6.46. The van der Waals surface area contributed by atoms with Crippen LogP contribution in [0.3, 0.4) is 0 Å². The fraction of sp³-hybridized carbons (Fsp3) is 0.417. The molecule has 1 saturated heterocycles. The van der Waals surface area contributed by atoms with E-state index in [4.69, 9.17) is 4.74 Å². The lowest BCUT2D eigenvalue weighted by Gasteiger charge is -2.22. The molecule has 2 heterocycles. The highest BCUT2D eigenvalue weighted by molar-refractivity contribution is 7.20. The number of para-hydroxylation sites is 1. The molecule has 2 aromatic rings.